The second kappa shape index (κ2) is 5.72. The third-order valence-electron chi connectivity index (χ3n) is 3.10. The van der Waals surface area contributed by atoms with Gasteiger partial charge in [0.2, 0.25) is 5.91 Å². The molecule has 1 fully saturated rings. The maximum absolute atomic E-state index is 11.8. The van der Waals surface area contributed by atoms with E-state index in [0.717, 1.165) is 12.8 Å². The smallest absolute Gasteiger partial charge is 0.233 e. The molecule has 16 heavy (non-hydrogen) atoms. The lowest BCUT2D eigenvalue weighted by Gasteiger charge is -2.13. The summed E-state index contributed by atoms with van der Waals surface area (Å²) >= 11 is 0. The van der Waals surface area contributed by atoms with Crippen LogP contribution in [0.2, 0.25) is 0 Å². The van der Waals surface area contributed by atoms with Crippen LogP contribution in [0.25, 0.3) is 0 Å². The molecule has 0 aromatic rings. The van der Waals surface area contributed by atoms with Crippen LogP contribution in [0.15, 0.2) is 5.16 Å². The van der Waals surface area contributed by atoms with Gasteiger partial charge in [0.05, 0.1) is 0 Å². The third kappa shape index (κ3) is 2.87. The number of hydrogen-bond acceptors (Lipinski definition) is 3. The Bertz CT molecular complexity index is 272. The fraction of sp³-hybridized carbons (Fsp3) is 0.818. The lowest BCUT2D eigenvalue weighted by atomic mass is 10.1. The Balaban J connectivity index is 2.25. The number of unbranched alkanes of at least 4 members (excludes halogenated alkanes) is 3. The van der Waals surface area contributed by atoms with Crippen molar-refractivity contribution < 1.29 is 10.0 Å². The molecule has 0 aromatic heterocycles. The number of carbonyl (C=O) groups is 1. The number of rotatable bonds is 7. The minimum Gasteiger partial charge on any atom is -0.409 e. The number of hydrogen-bond donors (Lipinski definition) is 3. The van der Waals surface area contributed by atoms with Crippen molar-refractivity contribution in [2.75, 3.05) is 6.54 Å². The number of carbonyl (C=O) groups excluding carboxylic acids is 1. The van der Waals surface area contributed by atoms with Crippen LogP contribution < -0.4 is 11.1 Å². The van der Waals surface area contributed by atoms with E-state index in [2.05, 4.69) is 17.4 Å². The molecule has 92 valence electrons. The lowest BCUT2D eigenvalue weighted by Crippen LogP contribution is -2.41. The summed E-state index contributed by atoms with van der Waals surface area (Å²) in [6.45, 7) is 2.83. The van der Waals surface area contributed by atoms with E-state index in [9.17, 15) is 4.79 Å². The molecule has 0 unspecified atom stereocenters. The first kappa shape index (κ1) is 12.8. The molecule has 0 heterocycles. The molecule has 0 atom stereocenters. The van der Waals surface area contributed by atoms with E-state index < -0.39 is 5.41 Å². The maximum atomic E-state index is 11.8. The highest BCUT2D eigenvalue weighted by Gasteiger charge is 2.53. The van der Waals surface area contributed by atoms with Crippen LogP contribution in [0, 0.1) is 5.41 Å². The Morgan fingerprint density at radius 1 is 1.44 bits per heavy atom. The van der Waals surface area contributed by atoms with Gasteiger partial charge in [0, 0.05) is 6.54 Å². The molecule has 0 radical (unpaired) electrons. The molecule has 1 rings (SSSR count). The Hall–Kier alpha value is -1.26. The van der Waals surface area contributed by atoms with Crippen molar-refractivity contribution in [1.29, 1.82) is 0 Å². The number of nitrogens with zero attached hydrogens (tertiary/aromatic N) is 1. The molecule has 0 saturated heterocycles. The van der Waals surface area contributed by atoms with Crippen LogP contribution in [0.4, 0.5) is 0 Å². The van der Waals surface area contributed by atoms with Crippen molar-refractivity contribution in [3.8, 4) is 0 Å². The molecular formula is C11H21N3O2. The summed E-state index contributed by atoms with van der Waals surface area (Å²) in [6.07, 6.45) is 5.87. The predicted molar refractivity (Wildman–Crippen MR) is 62.2 cm³/mol. The van der Waals surface area contributed by atoms with Crippen LogP contribution in [0.3, 0.4) is 0 Å². The van der Waals surface area contributed by atoms with Gasteiger partial charge in [0.15, 0.2) is 5.84 Å². The van der Waals surface area contributed by atoms with Crippen LogP contribution >= 0.6 is 0 Å². The molecule has 0 aromatic carbocycles. The van der Waals surface area contributed by atoms with Gasteiger partial charge in [-0.1, -0.05) is 31.3 Å². The standard InChI is InChI=1S/C11H21N3O2/c1-2-3-4-5-8-13-10(15)11(6-7-11)9(12)14-16/h16H,2-8H2,1H3,(H2,12,14)(H,13,15). The number of amidine groups is 1. The van der Waals surface area contributed by atoms with E-state index in [1.165, 1.54) is 12.8 Å². The third-order valence-corrected chi connectivity index (χ3v) is 3.10. The SMILES string of the molecule is CCCCCCNC(=O)C1(C(N)=NO)CC1. The Morgan fingerprint density at radius 2 is 2.12 bits per heavy atom. The summed E-state index contributed by atoms with van der Waals surface area (Å²) in [6, 6.07) is 0. The highest BCUT2D eigenvalue weighted by atomic mass is 16.4. The molecular weight excluding hydrogens is 206 g/mol. The molecule has 1 saturated carbocycles. The molecule has 0 aliphatic heterocycles. The first-order chi connectivity index (χ1) is 7.67. The minimum absolute atomic E-state index is 0.0403. The van der Waals surface area contributed by atoms with Gasteiger partial charge in [-0.3, -0.25) is 4.79 Å². The largest absolute Gasteiger partial charge is 0.409 e. The van der Waals surface area contributed by atoms with Gasteiger partial charge >= 0.3 is 0 Å². The maximum Gasteiger partial charge on any atom is 0.233 e. The Labute approximate surface area is 96.1 Å². The molecule has 5 nitrogen and oxygen atoms in total. The first-order valence-corrected chi connectivity index (χ1v) is 5.93. The fourth-order valence-corrected chi connectivity index (χ4v) is 1.74. The zero-order chi connectivity index (χ0) is 12.0. The molecule has 5 heteroatoms. The second-order valence-electron chi connectivity index (χ2n) is 4.38. The highest BCUT2D eigenvalue weighted by molar-refractivity contribution is 6.09. The van der Waals surface area contributed by atoms with Crippen LogP contribution in [-0.2, 0) is 4.79 Å². The monoisotopic (exact) mass is 227 g/mol. The van der Waals surface area contributed by atoms with E-state index in [1.807, 2.05) is 0 Å². The molecule has 1 aliphatic rings. The van der Waals surface area contributed by atoms with Gasteiger partial charge in [0.25, 0.3) is 0 Å². The van der Waals surface area contributed by atoms with Gasteiger partial charge in [-0.25, -0.2) is 0 Å². The molecule has 0 spiro atoms. The zero-order valence-electron chi connectivity index (χ0n) is 9.83. The summed E-state index contributed by atoms with van der Waals surface area (Å²) < 4.78 is 0. The molecule has 1 amide bonds. The second-order valence-corrected chi connectivity index (χ2v) is 4.38. The van der Waals surface area contributed by atoms with E-state index in [1.54, 1.807) is 0 Å². The summed E-state index contributed by atoms with van der Waals surface area (Å²) in [5.74, 6) is -0.0575. The van der Waals surface area contributed by atoms with Crippen LogP contribution in [0.5, 0.6) is 0 Å². The van der Waals surface area contributed by atoms with Crippen molar-refractivity contribution in [3.63, 3.8) is 0 Å². The van der Waals surface area contributed by atoms with Gasteiger partial charge in [-0.15, -0.1) is 0 Å². The van der Waals surface area contributed by atoms with E-state index >= 15 is 0 Å². The Kier molecular flexibility index (Phi) is 4.58. The van der Waals surface area contributed by atoms with Crippen molar-refractivity contribution in [1.82, 2.24) is 5.32 Å². The summed E-state index contributed by atoms with van der Waals surface area (Å²) in [5.41, 5.74) is 4.80. The van der Waals surface area contributed by atoms with Crippen LogP contribution in [-0.4, -0.2) is 23.5 Å². The van der Waals surface area contributed by atoms with Gasteiger partial charge < -0.3 is 16.3 Å². The van der Waals surface area contributed by atoms with Crippen molar-refractivity contribution >= 4 is 11.7 Å². The zero-order valence-corrected chi connectivity index (χ0v) is 9.83. The summed E-state index contributed by atoms with van der Waals surface area (Å²) in [7, 11) is 0. The van der Waals surface area contributed by atoms with E-state index in [4.69, 9.17) is 10.9 Å². The summed E-state index contributed by atoms with van der Waals surface area (Å²) in [4.78, 5) is 11.8. The fourth-order valence-electron chi connectivity index (χ4n) is 1.74. The van der Waals surface area contributed by atoms with Gasteiger partial charge in [-0.05, 0) is 19.3 Å². The van der Waals surface area contributed by atoms with E-state index in [-0.39, 0.29) is 11.7 Å². The van der Waals surface area contributed by atoms with Gasteiger partial charge in [-0.2, -0.15) is 0 Å². The number of nitrogens with two attached hydrogens (primary N) is 1. The van der Waals surface area contributed by atoms with Gasteiger partial charge in [0.1, 0.15) is 5.41 Å². The van der Waals surface area contributed by atoms with E-state index in [0.29, 0.717) is 19.4 Å². The normalized spacial score (nSPS) is 18.2. The number of amides is 1. The minimum atomic E-state index is -0.709. The predicted octanol–water partition coefficient (Wildman–Crippen LogP) is 1.21. The molecule has 1 aliphatic carbocycles. The van der Waals surface area contributed by atoms with Crippen molar-refractivity contribution in [2.45, 2.75) is 45.4 Å². The van der Waals surface area contributed by atoms with Crippen molar-refractivity contribution in [3.05, 3.63) is 0 Å². The van der Waals surface area contributed by atoms with Crippen LogP contribution in [0.1, 0.15) is 45.4 Å². The highest BCUT2D eigenvalue weighted by Crippen LogP contribution is 2.45. The average Bonchev–Trinajstić information content (AvgIpc) is 3.08. The summed E-state index contributed by atoms with van der Waals surface area (Å²) in [5, 5.41) is 14.4. The topological polar surface area (TPSA) is 87.7 Å². The number of oxime groups is 1. The molecule has 0 bridgehead atoms. The quantitative estimate of drug-likeness (QED) is 0.201. The lowest BCUT2D eigenvalue weighted by molar-refractivity contribution is -0.124. The molecule has 4 N–H and O–H groups in total. The van der Waals surface area contributed by atoms with Crippen molar-refractivity contribution in [2.24, 2.45) is 16.3 Å². The first-order valence-electron chi connectivity index (χ1n) is 5.93. The number of nitrogens with one attached hydrogen (secondary N) is 1. The Morgan fingerprint density at radius 3 is 2.62 bits per heavy atom. The average molecular weight is 227 g/mol.